The zero-order chi connectivity index (χ0) is 21.6. The Balaban J connectivity index is 1.61. The lowest BCUT2D eigenvalue weighted by molar-refractivity contribution is -0.133. The Morgan fingerprint density at radius 1 is 1.20 bits per heavy atom. The molecule has 1 aromatic carbocycles. The standard InChI is InChI=1S/C21H20N2O5S2/c1-3-12-23(15-19-6-4-13-27-19)20(24)16-28-18-10-8-17(9-11-18)22(2)30(25,26)21-7-5-14-29-21/h1,4-11,13-14H,12,15-16H2,2H3. The molecule has 0 aliphatic rings. The molecule has 0 N–H and O–H groups in total. The van der Waals surface area contributed by atoms with Gasteiger partial charge in [-0.2, -0.15) is 0 Å². The van der Waals surface area contributed by atoms with Gasteiger partial charge in [0, 0.05) is 7.05 Å². The number of anilines is 1. The number of sulfonamides is 1. The van der Waals surface area contributed by atoms with Gasteiger partial charge in [-0.15, -0.1) is 17.8 Å². The highest BCUT2D eigenvalue weighted by atomic mass is 32.2. The number of furan rings is 1. The minimum Gasteiger partial charge on any atom is -0.484 e. The van der Waals surface area contributed by atoms with Crippen LogP contribution in [0.25, 0.3) is 0 Å². The van der Waals surface area contributed by atoms with Crippen LogP contribution in [-0.2, 0) is 21.4 Å². The largest absolute Gasteiger partial charge is 0.484 e. The fourth-order valence-corrected chi connectivity index (χ4v) is 4.96. The Bertz CT molecular complexity index is 1100. The van der Waals surface area contributed by atoms with Crippen LogP contribution in [0.3, 0.4) is 0 Å². The molecular weight excluding hydrogens is 424 g/mol. The number of hydrogen-bond donors (Lipinski definition) is 0. The molecule has 3 aromatic rings. The van der Waals surface area contributed by atoms with Crippen LogP contribution in [0.5, 0.6) is 5.75 Å². The monoisotopic (exact) mass is 444 g/mol. The summed E-state index contributed by atoms with van der Waals surface area (Å²) in [5.74, 6) is 3.23. The third kappa shape index (κ3) is 5.03. The maximum absolute atomic E-state index is 12.6. The molecule has 0 spiro atoms. The van der Waals surface area contributed by atoms with Crippen LogP contribution in [0.15, 0.2) is 68.8 Å². The van der Waals surface area contributed by atoms with E-state index in [0.29, 0.717) is 17.2 Å². The van der Waals surface area contributed by atoms with E-state index in [4.69, 9.17) is 15.6 Å². The van der Waals surface area contributed by atoms with E-state index in [1.807, 2.05) is 0 Å². The van der Waals surface area contributed by atoms with Crippen molar-refractivity contribution in [2.75, 3.05) is 24.5 Å². The molecule has 0 unspecified atom stereocenters. The average Bonchev–Trinajstić information content (AvgIpc) is 3.46. The number of carbonyl (C=O) groups excluding carboxylic acids is 1. The fourth-order valence-electron chi connectivity index (χ4n) is 2.61. The predicted octanol–water partition coefficient (Wildman–Crippen LogP) is 3.21. The number of benzene rings is 1. The van der Waals surface area contributed by atoms with Gasteiger partial charge in [0.1, 0.15) is 15.7 Å². The Hall–Kier alpha value is -3.22. The van der Waals surface area contributed by atoms with Crippen LogP contribution in [0.2, 0.25) is 0 Å². The average molecular weight is 445 g/mol. The second-order valence-electron chi connectivity index (χ2n) is 6.22. The highest BCUT2D eigenvalue weighted by Gasteiger charge is 2.22. The molecule has 7 nitrogen and oxygen atoms in total. The summed E-state index contributed by atoms with van der Waals surface area (Å²) in [4.78, 5) is 13.9. The number of ether oxygens (including phenoxy) is 1. The first-order valence-electron chi connectivity index (χ1n) is 8.90. The van der Waals surface area contributed by atoms with Gasteiger partial charge < -0.3 is 14.1 Å². The molecule has 9 heteroatoms. The molecule has 0 saturated heterocycles. The molecule has 2 aromatic heterocycles. The van der Waals surface area contributed by atoms with Crippen LogP contribution in [-0.4, -0.2) is 39.4 Å². The van der Waals surface area contributed by atoms with Gasteiger partial charge in [-0.25, -0.2) is 8.42 Å². The molecule has 1 amide bonds. The summed E-state index contributed by atoms with van der Waals surface area (Å²) in [5.41, 5.74) is 0.480. The lowest BCUT2D eigenvalue weighted by Crippen LogP contribution is -2.34. The minimum absolute atomic E-state index is 0.132. The zero-order valence-electron chi connectivity index (χ0n) is 16.2. The van der Waals surface area contributed by atoms with E-state index in [-0.39, 0.29) is 29.8 Å². The van der Waals surface area contributed by atoms with E-state index in [1.165, 1.54) is 22.5 Å². The molecule has 0 saturated carbocycles. The lowest BCUT2D eigenvalue weighted by atomic mass is 10.3. The number of terminal acetylenes is 1. The number of thiophene rings is 1. The highest BCUT2D eigenvalue weighted by Crippen LogP contribution is 2.26. The van der Waals surface area contributed by atoms with E-state index in [2.05, 4.69) is 5.92 Å². The Morgan fingerprint density at radius 2 is 1.97 bits per heavy atom. The predicted molar refractivity (Wildman–Crippen MR) is 115 cm³/mol. The first-order valence-corrected chi connectivity index (χ1v) is 11.2. The van der Waals surface area contributed by atoms with E-state index in [1.54, 1.807) is 53.9 Å². The number of hydrogen-bond acceptors (Lipinski definition) is 6. The quantitative estimate of drug-likeness (QED) is 0.474. The summed E-state index contributed by atoms with van der Waals surface area (Å²) < 4.78 is 37.5. The number of carbonyl (C=O) groups is 1. The summed E-state index contributed by atoms with van der Waals surface area (Å²) in [6.07, 6.45) is 6.88. The normalized spacial score (nSPS) is 10.9. The molecule has 0 aliphatic heterocycles. The molecule has 30 heavy (non-hydrogen) atoms. The topological polar surface area (TPSA) is 80.1 Å². The van der Waals surface area contributed by atoms with Gasteiger partial charge in [-0.3, -0.25) is 9.10 Å². The van der Waals surface area contributed by atoms with Gasteiger partial charge in [0.15, 0.2) is 6.61 Å². The van der Waals surface area contributed by atoms with Gasteiger partial charge in [0.05, 0.1) is 25.0 Å². The lowest BCUT2D eigenvalue weighted by Gasteiger charge is -2.20. The third-order valence-corrected chi connectivity index (χ3v) is 7.39. The van der Waals surface area contributed by atoms with E-state index >= 15 is 0 Å². The van der Waals surface area contributed by atoms with Gasteiger partial charge in [0.2, 0.25) is 0 Å². The summed E-state index contributed by atoms with van der Waals surface area (Å²) in [7, 11) is -2.12. The van der Waals surface area contributed by atoms with Crippen LogP contribution in [0.1, 0.15) is 5.76 Å². The summed E-state index contributed by atoms with van der Waals surface area (Å²) >= 11 is 1.16. The first kappa shape index (κ1) is 21.5. The smallest absolute Gasteiger partial charge is 0.273 e. The van der Waals surface area contributed by atoms with Crippen molar-refractivity contribution in [2.24, 2.45) is 0 Å². The zero-order valence-corrected chi connectivity index (χ0v) is 17.9. The molecule has 0 radical (unpaired) electrons. The van der Waals surface area contributed by atoms with Gasteiger partial charge >= 0.3 is 0 Å². The summed E-state index contributed by atoms with van der Waals surface area (Å²) in [6, 6.07) is 13.2. The molecule has 3 rings (SSSR count). The van der Waals surface area contributed by atoms with Crippen LogP contribution in [0, 0.1) is 12.3 Å². The molecule has 0 bridgehead atoms. The van der Waals surface area contributed by atoms with E-state index in [9.17, 15) is 13.2 Å². The first-order chi connectivity index (χ1) is 14.4. The van der Waals surface area contributed by atoms with E-state index < -0.39 is 10.0 Å². The Labute approximate surface area is 179 Å². The maximum Gasteiger partial charge on any atom is 0.273 e. The molecule has 0 fully saturated rings. The van der Waals surface area contributed by atoms with Crippen LogP contribution in [0.4, 0.5) is 5.69 Å². The van der Waals surface area contributed by atoms with E-state index in [0.717, 1.165) is 11.3 Å². The van der Waals surface area contributed by atoms with Crippen molar-refractivity contribution < 1.29 is 22.4 Å². The van der Waals surface area contributed by atoms with Crippen molar-refractivity contribution in [3.8, 4) is 18.1 Å². The van der Waals surface area contributed by atoms with Crippen molar-refractivity contribution in [3.05, 3.63) is 65.9 Å². The third-order valence-electron chi connectivity index (χ3n) is 4.23. The van der Waals surface area contributed by atoms with Gasteiger partial charge in [0.25, 0.3) is 15.9 Å². The van der Waals surface area contributed by atoms with Crippen molar-refractivity contribution in [2.45, 2.75) is 10.8 Å². The van der Waals surface area contributed by atoms with Gasteiger partial charge in [-0.05, 0) is 47.8 Å². The van der Waals surface area contributed by atoms with Crippen molar-refractivity contribution >= 4 is 33.0 Å². The maximum atomic E-state index is 12.6. The van der Waals surface area contributed by atoms with Crippen LogP contribution < -0.4 is 9.04 Å². The summed E-state index contributed by atoms with van der Waals surface area (Å²) in [5, 5.41) is 1.71. The highest BCUT2D eigenvalue weighted by molar-refractivity contribution is 7.94. The Morgan fingerprint density at radius 3 is 2.57 bits per heavy atom. The fraction of sp³-hybridized carbons (Fsp3) is 0.190. The van der Waals surface area contributed by atoms with Crippen molar-refractivity contribution in [1.29, 1.82) is 0 Å². The summed E-state index contributed by atoms with van der Waals surface area (Å²) in [6.45, 7) is 0.183. The number of nitrogens with zero attached hydrogens (tertiary/aromatic N) is 2. The second-order valence-corrected chi connectivity index (χ2v) is 9.36. The molecule has 2 heterocycles. The number of amides is 1. The van der Waals surface area contributed by atoms with Crippen molar-refractivity contribution in [3.63, 3.8) is 0 Å². The van der Waals surface area contributed by atoms with Crippen LogP contribution >= 0.6 is 11.3 Å². The molecule has 0 aliphatic carbocycles. The SMILES string of the molecule is C#CCN(Cc1ccco1)C(=O)COc1ccc(N(C)S(=O)(=O)c2cccs2)cc1. The second kappa shape index (κ2) is 9.52. The number of rotatable bonds is 9. The minimum atomic E-state index is -3.61. The van der Waals surface area contributed by atoms with Crippen molar-refractivity contribution in [1.82, 2.24) is 4.90 Å². The Kier molecular flexibility index (Phi) is 6.82. The molecule has 156 valence electrons. The molecular formula is C21H20N2O5S2. The van der Waals surface area contributed by atoms with Gasteiger partial charge in [-0.1, -0.05) is 12.0 Å². The molecule has 0 atom stereocenters.